The van der Waals surface area contributed by atoms with Gasteiger partial charge in [0.2, 0.25) is 0 Å². The Balaban J connectivity index is 2.47. The van der Waals surface area contributed by atoms with Crippen LogP contribution in [0.25, 0.3) is 0 Å². The van der Waals surface area contributed by atoms with Crippen LogP contribution in [-0.4, -0.2) is 48.5 Å². The average Bonchev–Trinajstić information content (AvgIpc) is 2.11. The molecule has 0 aromatic carbocycles. The molecule has 0 aromatic heterocycles. The predicted molar refractivity (Wildman–Crippen MR) is 52.6 cm³/mol. The lowest BCUT2D eigenvalue weighted by Crippen LogP contribution is -2.39. The molecule has 0 atom stereocenters. The third-order valence-corrected chi connectivity index (χ3v) is 3.33. The normalized spacial score (nSPS) is 23.3. The van der Waals surface area contributed by atoms with Gasteiger partial charge in [-0.1, -0.05) is 0 Å². The summed E-state index contributed by atoms with van der Waals surface area (Å²) in [6.07, 6.45) is 3.93. The summed E-state index contributed by atoms with van der Waals surface area (Å²) < 4.78 is 0. The summed E-state index contributed by atoms with van der Waals surface area (Å²) in [6.45, 7) is 2.70. The molecule has 0 bridgehead atoms. The molecule has 1 fully saturated rings. The van der Waals surface area contributed by atoms with Gasteiger partial charge in [-0.2, -0.15) is 0 Å². The fourth-order valence-corrected chi connectivity index (χ4v) is 2.19. The van der Waals surface area contributed by atoms with Crippen molar-refractivity contribution in [1.29, 1.82) is 0 Å². The zero-order valence-corrected chi connectivity index (χ0v) is 8.50. The number of aliphatic hydroxyl groups excluding tert-OH is 2. The lowest BCUT2D eigenvalue weighted by Gasteiger charge is -2.40. The van der Waals surface area contributed by atoms with Gasteiger partial charge in [-0.25, -0.2) is 0 Å². The van der Waals surface area contributed by atoms with Crippen LogP contribution < -0.4 is 0 Å². The summed E-state index contributed by atoms with van der Waals surface area (Å²) in [4.78, 5) is 2.31. The van der Waals surface area contributed by atoms with Crippen LogP contribution in [0.15, 0.2) is 0 Å². The largest absolute Gasteiger partial charge is 0.396 e. The second kappa shape index (κ2) is 4.94. The summed E-state index contributed by atoms with van der Waals surface area (Å²) in [5, 5.41) is 18.0. The maximum Gasteiger partial charge on any atom is 0.0436 e. The Hall–Kier alpha value is -0.120. The Kier molecular flexibility index (Phi) is 4.16. The molecule has 3 nitrogen and oxygen atoms in total. The van der Waals surface area contributed by atoms with Crippen LogP contribution >= 0.6 is 0 Å². The van der Waals surface area contributed by atoms with Gasteiger partial charge in [0.25, 0.3) is 0 Å². The molecule has 0 aromatic rings. The number of likely N-dealkylation sites (tertiary alicyclic amines) is 1. The maximum absolute atomic E-state index is 8.98. The first-order valence-electron chi connectivity index (χ1n) is 5.13. The zero-order valence-electron chi connectivity index (χ0n) is 8.50. The second-order valence-electron chi connectivity index (χ2n) is 4.25. The highest BCUT2D eigenvalue weighted by molar-refractivity contribution is 4.84. The van der Waals surface area contributed by atoms with Crippen molar-refractivity contribution in [3.8, 4) is 0 Å². The van der Waals surface area contributed by atoms with E-state index in [1.807, 2.05) is 0 Å². The van der Waals surface area contributed by atoms with Crippen LogP contribution in [0, 0.1) is 5.41 Å². The summed E-state index contributed by atoms with van der Waals surface area (Å²) in [5.74, 6) is 0. The molecule has 1 heterocycles. The highest BCUT2D eigenvalue weighted by Crippen LogP contribution is 2.37. The Labute approximate surface area is 80.4 Å². The van der Waals surface area contributed by atoms with Crippen molar-refractivity contribution in [2.24, 2.45) is 5.41 Å². The molecular weight excluding hydrogens is 166 g/mol. The molecule has 2 N–H and O–H groups in total. The van der Waals surface area contributed by atoms with Crippen LogP contribution in [0.5, 0.6) is 0 Å². The van der Waals surface area contributed by atoms with E-state index >= 15 is 0 Å². The first-order valence-corrected chi connectivity index (χ1v) is 5.13. The van der Waals surface area contributed by atoms with Crippen molar-refractivity contribution in [2.75, 3.05) is 33.4 Å². The van der Waals surface area contributed by atoms with Gasteiger partial charge in [0.15, 0.2) is 0 Å². The highest BCUT2D eigenvalue weighted by atomic mass is 16.3. The molecule has 13 heavy (non-hydrogen) atoms. The summed E-state index contributed by atoms with van der Waals surface area (Å²) in [6, 6.07) is 0. The van der Waals surface area contributed by atoms with E-state index in [0.717, 1.165) is 38.8 Å². The average molecular weight is 187 g/mol. The molecule has 1 rings (SSSR count). The Morgan fingerprint density at radius 3 is 1.92 bits per heavy atom. The molecule has 0 unspecified atom stereocenters. The second-order valence-corrected chi connectivity index (χ2v) is 4.25. The fourth-order valence-electron chi connectivity index (χ4n) is 2.19. The van der Waals surface area contributed by atoms with Gasteiger partial charge in [0.05, 0.1) is 0 Å². The van der Waals surface area contributed by atoms with Crippen LogP contribution in [-0.2, 0) is 0 Å². The van der Waals surface area contributed by atoms with Gasteiger partial charge in [-0.3, -0.25) is 0 Å². The van der Waals surface area contributed by atoms with Crippen LogP contribution in [0.2, 0.25) is 0 Å². The summed E-state index contributed by atoms with van der Waals surface area (Å²) in [5.41, 5.74) is 0.218. The van der Waals surface area contributed by atoms with Gasteiger partial charge >= 0.3 is 0 Å². The van der Waals surface area contributed by atoms with Gasteiger partial charge < -0.3 is 15.1 Å². The first kappa shape index (κ1) is 11.0. The zero-order chi connectivity index (χ0) is 9.73. The Bertz CT molecular complexity index is 134. The Morgan fingerprint density at radius 2 is 1.54 bits per heavy atom. The first-order chi connectivity index (χ1) is 6.22. The summed E-state index contributed by atoms with van der Waals surface area (Å²) in [7, 11) is 2.13. The van der Waals surface area contributed by atoms with Crippen molar-refractivity contribution >= 4 is 0 Å². The van der Waals surface area contributed by atoms with E-state index in [0.29, 0.717) is 0 Å². The minimum Gasteiger partial charge on any atom is -0.396 e. The van der Waals surface area contributed by atoms with Gasteiger partial charge in [-0.05, 0) is 51.2 Å². The molecule has 0 amide bonds. The van der Waals surface area contributed by atoms with Gasteiger partial charge in [0.1, 0.15) is 0 Å². The Morgan fingerprint density at radius 1 is 1.08 bits per heavy atom. The number of aliphatic hydroxyl groups is 2. The standard InChI is InChI=1S/C10H21NO2/c1-11-6-2-10(3-7-11,4-8-12)5-9-13/h12-13H,2-9H2,1H3. The van der Waals surface area contributed by atoms with Crippen molar-refractivity contribution in [1.82, 2.24) is 4.90 Å². The third-order valence-electron chi connectivity index (χ3n) is 3.33. The molecule has 1 saturated heterocycles. The number of rotatable bonds is 4. The highest BCUT2D eigenvalue weighted by Gasteiger charge is 2.32. The monoisotopic (exact) mass is 187 g/mol. The topological polar surface area (TPSA) is 43.7 Å². The van der Waals surface area contributed by atoms with E-state index in [1.165, 1.54) is 0 Å². The predicted octanol–water partition coefficient (Wildman–Crippen LogP) is 0.463. The van der Waals surface area contributed by atoms with Gasteiger partial charge in [-0.15, -0.1) is 0 Å². The smallest absolute Gasteiger partial charge is 0.0436 e. The van der Waals surface area contributed by atoms with E-state index in [1.54, 1.807) is 0 Å². The lowest BCUT2D eigenvalue weighted by atomic mass is 9.73. The van der Waals surface area contributed by atoms with Gasteiger partial charge in [0, 0.05) is 13.2 Å². The van der Waals surface area contributed by atoms with Crippen LogP contribution in [0.3, 0.4) is 0 Å². The van der Waals surface area contributed by atoms with Crippen molar-refractivity contribution in [3.05, 3.63) is 0 Å². The molecule has 0 radical (unpaired) electrons. The molecular formula is C10H21NO2. The number of hydrogen-bond acceptors (Lipinski definition) is 3. The molecule has 0 aliphatic carbocycles. The minimum absolute atomic E-state index is 0.218. The molecule has 0 spiro atoms. The van der Waals surface area contributed by atoms with E-state index in [-0.39, 0.29) is 18.6 Å². The van der Waals surface area contributed by atoms with E-state index in [9.17, 15) is 0 Å². The summed E-state index contributed by atoms with van der Waals surface area (Å²) >= 11 is 0. The maximum atomic E-state index is 8.98. The van der Waals surface area contributed by atoms with E-state index < -0.39 is 0 Å². The third kappa shape index (κ3) is 2.93. The fraction of sp³-hybridized carbons (Fsp3) is 1.00. The SMILES string of the molecule is CN1CCC(CCO)(CCO)CC1. The molecule has 3 heteroatoms. The van der Waals surface area contributed by atoms with Crippen molar-refractivity contribution < 1.29 is 10.2 Å². The molecule has 1 aliphatic heterocycles. The van der Waals surface area contributed by atoms with E-state index in [2.05, 4.69) is 11.9 Å². The van der Waals surface area contributed by atoms with Crippen molar-refractivity contribution in [3.63, 3.8) is 0 Å². The molecule has 1 aliphatic rings. The quantitative estimate of drug-likeness (QED) is 0.672. The van der Waals surface area contributed by atoms with E-state index in [4.69, 9.17) is 10.2 Å². The molecule has 0 saturated carbocycles. The molecule has 78 valence electrons. The minimum atomic E-state index is 0.218. The number of nitrogens with zero attached hydrogens (tertiary/aromatic N) is 1. The van der Waals surface area contributed by atoms with Crippen molar-refractivity contribution in [2.45, 2.75) is 25.7 Å². The van der Waals surface area contributed by atoms with Crippen LogP contribution in [0.1, 0.15) is 25.7 Å². The van der Waals surface area contributed by atoms with Crippen LogP contribution in [0.4, 0.5) is 0 Å². The number of hydrogen-bond donors (Lipinski definition) is 2. The lowest BCUT2D eigenvalue weighted by molar-refractivity contribution is 0.0622. The number of piperidine rings is 1.